The predicted octanol–water partition coefficient (Wildman–Crippen LogP) is 4.73. The van der Waals surface area contributed by atoms with Crippen molar-refractivity contribution in [1.82, 2.24) is 9.62 Å². The number of hydrogen-bond donors (Lipinski definition) is 1. The summed E-state index contributed by atoms with van der Waals surface area (Å²) in [5, 5.41) is 3.98. The van der Waals surface area contributed by atoms with Gasteiger partial charge in [0.2, 0.25) is 15.9 Å². The molecule has 1 aliphatic carbocycles. The molecule has 0 spiro atoms. The molecule has 0 radical (unpaired) electrons. The van der Waals surface area contributed by atoms with Gasteiger partial charge in [-0.1, -0.05) is 53.5 Å². The molecule has 2 aromatic rings. The molecule has 166 valence electrons. The van der Waals surface area contributed by atoms with Crippen molar-refractivity contribution in [2.45, 2.75) is 43.9 Å². The highest BCUT2D eigenvalue weighted by Gasteiger charge is 2.34. The average molecular weight is 481 g/mol. The second kappa shape index (κ2) is 9.49. The molecule has 31 heavy (non-hydrogen) atoms. The lowest BCUT2D eigenvalue weighted by Crippen LogP contribution is -2.46. The molecular formula is C23H26Cl2N2O3S. The van der Waals surface area contributed by atoms with Crippen LogP contribution >= 0.6 is 23.2 Å². The quantitative estimate of drug-likeness (QED) is 0.672. The smallest absolute Gasteiger partial charge is 0.224 e. The van der Waals surface area contributed by atoms with Crippen LogP contribution in [0.15, 0.2) is 42.5 Å². The van der Waals surface area contributed by atoms with E-state index in [0.29, 0.717) is 35.0 Å². The topological polar surface area (TPSA) is 66.5 Å². The Bertz CT molecular complexity index is 1070. The summed E-state index contributed by atoms with van der Waals surface area (Å²) < 4.78 is 27.5. The van der Waals surface area contributed by atoms with Crippen LogP contribution in [0.25, 0.3) is 0 Å². The van der Waals surface area contributed by atoms with Crippen LogP contribution < -0.4 is 5.32 Å². The molecule has 1 saturated heterocycles. The van der Waals surface area contributed by atoms with Gasteiger partial charge in [0.1, 0.15) is 0 Å². The van der Waals surface area contributed by atoms with Gasteiger partial charge in [0.05, 0.1) is 17.7 Å². The van der Waals surface area contributed by atoms with Crippen LogP contribution in [0.3, 0.4) is 0 Å². The Morgan fingerprint density at radius 1 is 1.10 bits per heavy atom. The Labute approximate surface area is 193 Å². The number of hydrogen-bond acceptors (Lipinski definition) is 3. The molecule has 5 nitrogen and oxygen atoms in total. The number of aryl methyl sites for hydroxylation is 1. The molecule has 1 heterocycles. The highest BCUT2D eigenvalue weighted by atomic mass is 35.5. The van der Waals surface area contributed by atoms with E-state index in [-0.39, 0.29) is 30.2 Å². The van der Waals surface area contributed by atoms with E-state index in [2.05, 4.69) is 17.4 Å². The van der Waals surface area contributed by atoms with Gasteiger partial charge in [0.25, 0.3) is 0 Å². The zero-order valence-electron chi connectivity index (χ0n) is 17.2. The van der Waals surface area contributed by atoms with E-state index in [1.807, 2.05) is 12.1 Å². The van der Waals surface area contributed by atoms with E-state index >= 15 is 0 Å². The molecule has 0 bridgehead atoms. The van der Waals surface area contributed by atoms with Crippen LogP contribution in [0.5, 0.6) is 0 Å². The lowest BCUT2D eigenvalue weighted by atomic mass is 9.87. The zero-order valence-corrected chi connectivity index (χ0v) is 19.5. The number of fused-ring (bicyclic) bond motifs is 1. The van der Waals surface area contributed by atoms with Crippen LogP contribution in [-0.4, -0.2) is 31.7 Å². The summed E-state index contributed by atoms with van der Waals surface area (Å²) in [6.07, 6.45) is 4.33. The SMILES string of the molecule is O=C(N[C@@H]1CCCc2ccccc21)[C@H]1CCCN(S(=O)(=O)Cc2ccc(Cl)cc2Cl)C1. The Balaban J connectivity index is 1.43. The fourth-order valence-corrected chi connectivity index (χ4v) is 6.73. The molecule has 2 atom stereocenters. The minimum Gasteiger partial charge on any atom is -0.349 e. The van der Waals surface area contributed by atoms with Crippen molar-refractivity contribution in [2.24, 2.45) is 5.92 Å². The number of piperidine rings is 1. The maximum absolute atomic E-state index is 13.0. The summed E-state index contributed by atoms with van der Waals surface area (Å²) >= 11 is 12.1. The number of nitrogens with one attached hydrogen (secondary N) is 1. The summed E-state index contributed by atoms with van der Waals surface area (Å²) in [6, 6.07) is 13.0. The van der Waals surface area contributed by atoms with E-state index in [9.17, 15) is 13.2 Å². The van der Waals surface area contributed by atoms with Crippen LogP contribution in [-0.2, 0) is 27.0 Å². The summed E-state index contributed by atoms with van der Waals surface area (Å²) in [7, 11) is -3.59. The van der Waals surface area contributed by atoms with E-state index in [1.165, 1.54) is 15.4 Å². The molecule has 2 aromatic carbocycles. The van der Waals surface area contributed by atoms with E-state index < -0.39 is 10.0 Å². The summed E-state index contributed by atoms with van der Waals surface area (Å²) in [4.78, 5) is 13.0. The fraction of sp³-hybridized carbons (Fsp3) is 0.435. The lowest BCUT2D eigenvalue weighted by Gasteiger charge is -2.33. The highest BCUT2D eigenvalue weighted by Crippen LogP contribution is 2.31. The van der Waals surface area contributed by atoms with Crippen LogP contribution in [0, 0.1) is 5.92 Å². The van der Waals surface area contributed by atoms with Crippen molar-refractivity contribution >= 4 is 39.1 Å². The van der Waals surface area contributed by atoms with Gasteiger partial charge in [-0.3, -0.25) is 4.79 Å². The van der Waals surface area contributed by atoms with Crippen molar-refractivity contribution in [3.8, 4) is 0 Å². The predicted molar refractivity (Wildman–Crippen MR) is 124 cm³/mol. The summed E-state index contributed by atoms with van der Waals surface area (Å²) in [5.74, 6) is -0.614. The number of rotatable bonds is 5. The number of carbonyl (C=O) groups is 1. The number of carbonyl (C=O) groups excluding carboxylic acids is 1. The molecule has 0 aromatic heterocycles. The zero-order chi connectivity index (χ0) is 22.0. The Morgan fingerprint density at radius 2 is 1.90 bits per heavy atom. The van der Waals surface area contributed by atoms with E-state index in [1.54, 1.807) is 18.2 Å². The standard InChI is InChI=1S/C23H26Cl2N2O3S/c24-19-11-10-18(21(25)13-19)15-31(29,30)27-12-4-7-17(14-27)23(28)26-22-9-3-6-16-5-1-2-8-20(16)22/h1-2,5,8,10-11,13,17,22H,3-4,6-7,9,12,14-15H2,(H,26,28)/t17-,22+/m0/s1. The first-order valence-electron chi connectivity index (χ1n) is 10.6. The van der Waals surface area contributed by atoms with E-state index in [4.69, 9.17) is 23.2 Å². The third-order valence-corrected chi connectivity index (χ3v) is 8.57. The van der Waals surface area contributed by atoms with Gasteiger partial charge in [0.15, 0.2) is 0 Å². The third-order valence-electron chi connectivity index (χ3n) is 6.19. The van der Waals surface area contributed by atoms with Gasteiger partial charge in [-0.2, -0.15) is 0 Å². The van der Waals surface area contributed by atoms with Crippen LogP contribution in [0.2, 0.25) is 10.0 Å². The second-order valence-corrected chi connectivity index (χ2v) is 11.2. The van der Waals surface area contributed by atoms with Gasteiger partial charge >= 0.3 is 0 Å². The Kier molecular flexibility index (Phi) is 6.92. The van der Waals surface area contributed by atoms with Crippen molar-refractivity contribution in [3.05, 3.63) is 69.2 Å². The summed E-state index contributed by atoms with van der Waals surface area (Å²) in [6.45, 7) is 0.622. The summed E-state index contributed by atoms with van der Waals surface area (Å²) in [5.41, 5.74) is 2.97. The van der Waals surface area contributed by atoms with Crippen molar-refractivity contribution < 1.29 is 13.2 Å². The fourth-order valence-electron chi connectivity index (χ4n) is 4.53. The average Bonchev–Trinajstić information content (AvgIpc) is 2.76. The van der Waals surface area contributed by atoms with Gasteiger partial charge in [0, 0.05) is 23.1 Å². The maximum atomic E-state index is 13.0. The van der Waals surface area contributed by atoms with Crippen molar-refractivity contribution in [1.29, 1.82) is 0 Å². The number of benzene rings is 2. The first-order valence-corrected chi connectivity index (χ1v) is 13.0. The van der Waals surface area contributed by atoms with Crippen LogP contribution in [0.1, 0.15) is 48.4 Å². The largest absolute Gasteiger partial charge is 0.349 e. The minimum atomic E-state index is -3.59. The van der Waals surface area contributed by atoms with E-state index in [0.717, 1.165) is 19.3 Å². The minimum absolute atomic E-state index is 0.00249. The molecule has 0 saturated carbocycles. The second-order valence-electron chi connectivity index (χ2n) is 8.34. The van der Waals surface area contributed by atoms with Gasteiger partial charge in [-0.05, 0) is 60.9 Å². The highest BCUT2D eigenvalue weighted by molar-refractivity contribution is 7.88. The molecule has 1 fully saturated rings. The first-order chi connectivity index (χ1) is 14.8. The monoisotopic (exact) mass is 480 g/mol. The lowest BCUT2D eigenvalue weighted by molar-refractivity contribution is -0.127. The first kappa shape index (κ1) is 22.6. The van der Waals surface area contributed by atoms with Gasteiger partial charge in [-0.15, -0.1) is 0 Å². The molecule has 1 N–H and O–H groups in total. The Hall–Kier alpha value is -1.60. The van der Waals surface area contributed by atoms with Gasteiger partial charge in [-0.25, -0.2) is 12.7 Å². The van der Waals surface area contributed by atoms with Crippen LogP contribution in [0.4, 0.5) is 0 Å². The number of amides is 1. The molecule has 0 unspecified atom stereocenters. The number of nitrogens with zero attached hydrogens (tertiary/aromatic N) is 1. The third kappa shape index (κ3) is 5.25. The van der Waals surface area contributed by atoms with Crippen molar-refractivity contribution in [3.63, 3.8) is 0 Å². The number of halogens is 2. The van der Waals surface area contributed by atoms with Gasteiger partial charge < -0.3 is 5.32 Å². The normalized spacial score (nSPS) is 22.0. The number of sulfonamides is 1. The van der Waals surface area contributed by atoms with Crippen molar-refractivity contribution in [2.75, 3.05) is 13.1 Å². The molecular weight excluding hydrogens is 455 g/mol. The molecule has 1 aliphatic heterocycles. The molecule has 2 aliphatic rings. The molecule has 4 rings (SSSR count). The Morgan fingerprint density at radius 3 is 2.71 bits per heavy atom. The molecule has 1 amide bonds. The molecule has 8 heteroatoms. The maximum Gasteiger partial charge on any atom is 0.224 e.